The molecule has 0 atom stereocenters. The smallest absolute Gasteiger partial charge is 0.408 e. The summed E-state index contributed by atoms with van der Waals surface area (Å²) in [4.78, 5) is 24.7. The van der Waals surface area contributed by atoms with E-state index in [9.17, 15) is 9.59 Å². The highest BCUT2D eigenvalue weighted by Gasteiger charge is 2.44. The number of carbonyl (C=O) groups excluding carboxylic acids is 2. The lowest BCUT2D eigenvalue weighted by Gasteiger charge is -2.27. The van der Waals surface area contributed by atoms with Crippen LogP contribution in [0.3, 0.4) is 0 Å². The highest BCUT2D eigenvalue weighted by molar-refractivity contribution is 5.86. The van der Waals surface area contributed by atoms with Crippen molar-refractivity contribution in [2.45, 2.75) is 64.5 Å². The van der Waals surface area contributed by atoms with E-state index < -0.39 is 11.6 Å². The molecular formula is C20H29NO4. The van der Waals surface area contributed by atoms with Gasteiger partial charge in [0.25, 0.3) is 0 Å². The minimum absolute atomic E-state index is 0.187. The van der Waals surface area contributed by atoms with E-state index in [0.29, 0.717) is 25.4 Å². The fourth-order valence-corrected chi connectivity index (χ4v) is 3.11. The second kappa shape index (κ2) is 9.44. The molecule has 1 aliphatic rings. The van der Waals surface area contributed by atoms with Crippen LogP contribution >= 0.6 is 0 Å². The van der Waals surface area contributed by atoms with Crippen molar-refractivity contribution < 1.29 is 19.1 Å². The molecule has 2 rings (SSSR count). The summed E-state index contributed by atoms with van der Waals surface area (Å²) < 4.78 is 10.7. The molecule has 0 unspecified atom stereocenters. The molecule has 1 amide bonds. The van der Waals surface area contributed by atoms with Gasteiger partial charge in [-0.15, -0.1) is 0 Å². The second-order valence-corrected chi connectivity index (χ2v) is 7.15. The van der Waals surface area contributed by atoms with Crippen LogP contribution in [0.15, 0.2) is 30.3 Å². The first kappa shape index (κ1) is 19.3. The summed E-state index contributed by atoms with van der Waals surface area (Å²) in [5.41, 5.74) is -0.0135. The third kappa shape index (κ3) is 6.07. The Kier molecular flexibility index (Phi) is 7.29. The van der Waals surface area contributed by atoms with E-state index in [0.717, 1.165) is 31.2 Å². The Labute approximate surface area is 150 Å². The van der Waals surface area contributed by atoms with Crippen LogP contribution in [0.5, 0.6) is 0 Å². The molecule has 25 heavy (non-hydrogen) atoms. The normalized spacial score (nSPS) is 15.8. The van der Waals surface area contributed by atoms with Crippen molar-refractivity contribution in [3.05, 3.63) is 35.9 Å². The summed E-state index contributed by atoms with van der Waals surface area (Å²) in [7, 11) is 0. The summed E-state index contributed by atoms with van der Waals surface area (Å²) in [5.74, 6) is 0.260. The molecule has 0 aliphatic heterocycles. The number of amides is 1. The highest BCUT2D eigenvalue weighted by Crippen LogP contribution is 2.31. The molecule has 5 heteroatoms. The van der Waals surface area contributed by atoms with Crippen molar-refractivity contribution in [3.8, 4) is 0 Å². The Morgan fingerprint density at radius 1 is 1.12 bits per heavy atom. The number of hydrogen-bond acceptors (Lipinski definition) is 4. The van der Waals surface area contributed by atoms with Crippen molar-refractivity contribution in [2.24, 2.45) is 5.92 Å². The molecule has 0 bridgehead atoms. The Hall–Kier alpha value is -2.04. The van der Waals surface area contributed by atoms with Crippen molar-refractivity contribution >= 4 is 12.1 Å². The van der Waals surface area contributed by atoms with Gasteiger partial charge in [0.1, 0.15) is 12.1 Å². The summed E-state index contributed by atoms with van der Waals surface area (Å²) in [6, 6.07) is 9.47. The lowest BCUT2D eigenvalue weighted by molar-refractivity contribution is -0.151. The molecule has 0 spiro atoms. The van der Waals surface area contributed by atoms with E-state index in [-0.39, 0.29) is 12.6 Å². The Morgan fingerprint density at radius 2 is 1.80 bits per heavy atom. The topological polar surface area (TPSA) is 64.6 Å². The average Bonchev–Trinajstić information content (AvgIpc) is 3.07. The molecular weight excluding hydrogens is 318 g/mol. The lowest BCUT2D eigenvalue weighted by atomic mass is 9.98. The molecule has 1 aromatic carbocycles. The first-order valence-electron chi connectivity index (χ1n) is 9.18. The predicted octanol–water partition coefficient (Wildman–Crippen LogP) is 4.21. The lowest BCUT2D eigenvalue weighted by Crippen LogP contribution is -2.53. The molecule has 0 saturated heterocycles. The molecule has 0 radical (unpaired) electrons. The van der Waals surface area contributed by atoms with Crippen LogP contribution < -0.4 is 5.32 Å². The summed E-state index contributed by atoms with van der Waals surface area (Å²) >= 11 is 0. The number of hydrogen-bond donors (Lipinski definition) is 1. The second-order valence-electron chi connectivity index (χ2n) is 7.15. The van der Waals surface area contributed by atoms with Crippen molar-refractivity contribution in [2.75, 3.05) is 6.61 Å². The molecule has 5 nitrogen and oxygen atoms in total. The monoisotopic (exact) mass is 347 g/mol. The van der Waals surface area contributed by atoms with Gasteiger partial charge in [-0.2, -0.15) is 0 Å². The molecule has 1 fully saturated rings. The van der Waals surface area contributed by atoms with E-state index in [1.165, 1.54) is 0 Å². The molecule has 1 N–H and O–H groups in total. The Balaban J connectivity index is 1.83. The van der Waals surface area contributed by atoms with Crippen LogP contribution in [0.2, 0.25) is 0 Å². The van der Waals surface area contributed by atoms with E-state index in [4.69, 9.17) is 9.47 Å². The SMILES string of the molecule is CC(C)CCCOC(=O)C1(NC(=O)OCc2ccccc2)CCCC1. The van der Waals surface area contributed by atoms with Crippen molar-refractivity contribution in [3.63, 3.8) is 0 Å². The van der Waals surface area contributed by atoms with E-state index in [1.54, 1.807) is 0 Å². The van der Waals surface area contributed by atoms with Gasteiger partial charge in [-0.3, -0.25) is 0 Å². The maximum absolute atomic E-state index is 12.5. The highest BCUT2D eigenvalue weighted by atomic mass is 16.6. The minimum atomic E-state index is -0.925. The first-order chi connectivity index (χ1) is 12.0. The Bertz CT molecular complexity index is 550. The molecule has 1 aromatic rings. The van der Waals surface area contributed by atoms with Crippen LogP contribution in [0.1, 0.15) is 57.9 Å². The van der Waals surface area contributed by atoms with E-state index in [2.05, 4.69) is 19.2 Å². The average molecular weight is 347 g/mol. The van der Waals surface area contributed by atoms with Gasteiger partial charge < -0.3 is 14.8 Å². The zero-order valence-corrected chi connectivity index (χ0v) is 15.3. The van der Waals surface area contributed by atoms with Crippen LogP contribution in [0.25, 0.3) is 0 Å². The largest absolute Gasteiger partial charge is 0.464 e. The van der Waals surface area contributed by atoms with Gasteiger partial charge in [-0.1, -0.05) is 57.0 Å². The van der Waals surface area contributed by atoms with Crippen molar-refractivity contribution in [1.29, 1.82) is 0 Å². The maximum Gasteiger partial charge on any atom is 0.408 e. The number of alkyl carbamates (subject to hydrolysis) is 1. The number of nitrogens with one attached hydrogen (secondary N) is 1. The first-order valence-corrected chi connectivity index (χ1v) is 9.18. The number of esters is 1. The molecule has 0 aromatic heterocycles. The van der Waals surface area contributed by atoms with Crippen LogP contribution in [0, 0.1) is 5.92 Å². The van der Waals surface area contributed by atoms with Gasteiger partial charge in [0.2, 0.25) is 0 Å². The van der Waals surface area contributed by atoms with Crippen LogP contribution in [-0.2, 0) is 20.9 Å². The number of benzene rings is 1. The quantitative estimate of drug-likeness (QED) is 0.565. The zero-order valence-electron chi connectivity index (χ0n) is 15.3. The fraction of sp³-hybridized carbons (Fsp3) is 0.600. The summed E-state index contributed by atoms with van der Waals surface area (Å²) in [6.45, 7) is 4.88. The van der Waals surface area contributed by atoms with E-state index in [1.807, 2.05) is 30.3 Å². The van der Waals surface area contributed by atoms with Gasteiger partial charge in [0.15, 0.2) is 0 Å². The predicted molar refractivity (Wildman–Crippen MR) is 96.0 cm³/mol. The standard InChI is InChI=1S/C20H29NO4/c1-16(2)9-8-14-24-18(22)20(12-6-7-13-20)21-19(23)25-15-17-10-4-3-5-11-17/h3-5,10-11,16H,6-9,12-15H2,1-2H3,(H,21,23). The van der Waals surface area contributed by atoms with Crippen LogP contribution in [-0.4, -0.2) is 24.2 Å². The molecule has 138 valence electrons. The zero-order chi connectivity index (χ0) is 18.1. The van der Waals surface area contributed by atoms with Gasteiger partial charge >= 0.3 is 12.1 Å². The van der Waals surface area contributed by atoms with Gasteiger partial charge in [0, 0.05) is 0 Å². The molecule has 1 saturated carbocycles. The van der Waals surface area contributed by atoms with E-state index >= 15 is 0 Å². The summed E-state index contributed by atoms with van der Waals surface area (Å²) in [6.07, 6.45) is 4.32. The fourth-order valence-electron chi connectivity index (χ4n) is 3.11. The number of ether oxygens (including phenoxy) is 2. The van der Waals surface area contributed by atoms with Gasteiger partial charge in [0.05, 0.1) is 6.61 Å². The third-order valence-electron chi connectivity index (χ3n) is 4.56. The molecule has 0 heterocycles. The van der Waals surface area contributed by atoms with Gasteiger partial charge in [-0.25, -0.2) is 9.59 Å². The maximum atomic E-state index is 12.5. The number of carbonyl (C=O) groups is 2. The molecule has 1 aliphatic carbocycles. The third-order valence-corrected chi connectivity index (χ3v) is 4.56. The van der Waals surface area contributed by atoms with Crippen LogP contribution in [0.4, 0.5) is 4.79 Å². The van der Waals surface area contributed by atoms with Gasteiger partial charge in [-0.05, 0) is 37.2 Å². The Morgan fingerprint density at radius 3 is 2.44 bits per heavy atom. The van der Waals surface area contributed by atoms with Crippen molar-refractivity contribution in [1.82, 2.24) is 5.32 Å². The number of rotatable bonds is 8. The minimum Gasteiger partial charge on any atom is -0.464 e. The summed E-state index contributed by atoms with van der Waals surface area (Å²) in [5, 5.41) is 2.78.